The van der Waals surface area contributed by atoms with Crippen molar-refractivity contribution in [1.82, 2.24) is 15.0 Å². The van der Waals surface area contributed by atoms with Gasteiger partial charge in [0, 0.05) is 5.92 Å². The van der Waals surface area contributed by atoms with Crippen molar-refractivity contribution in [2.75, 3.05) is 5.73 Å². The summed E-state index contributed by atoms with van der Waals surface area (Å²) in [4.78, 5) is 21.6. The van der Waals surface area contributed by atoms with Crippen LogP contribution in [0, 0.1) is 11.8 Å². The van der Waals surface area contributed by atoms with Crippen LogP contribution in [0.5, 0.6) is 0 Å². The second-order valence-electron chi connectivity index (χ2n) is 4.68. The third-order valence-electron chi connectivity index (χ3n) is 3.78. The highest BCUT2D eigenvalue weighted by Gasteiger charge is 2.41. The van der Waals surface area contributed by atoms with Gasteiger partial charge in [-0.15, -0.1) is 0 Å². The number of fused-ring (bicyclic) bond motifs is 2. The Labute approximate surface area is 87.1 Å². The van der Waals surface area contributed by atoms with E-state index >= 15 is 0 Å². The Hall–Kier alpha value is -1.39. The summed E-state index contributed by atoms with van der Waals surface area (Å²) in [5.74, 6) is 2.78. The van der Waals surface area contributed by atoms with Gasteiger partial charge in [0.05, 0.1) is 0 Å². The molecule has 15 heavy (non-hydrogen) atoms. The minimum atomic E-state index is -0.375. The van der Waals surface area contributed by atoms with Crippen LogP contribution in [0.1, 0.15) is 37.4 Å². The van der Waals surface area contributed by atoms with Gasteiger partial charge in [0.1, 0.15) is 5.82 Å². The van der Waals surface area contributed by atoms with Gasteiger partial charge in [0.15, 0.2) is 0 Å². The molecule has 5 nitrogen and oxygen atoms in total. The van der Waals surface area contributed by atoms with Gasteiger partial charge in [-0.25, -0.2) is 4.79 Å². The number of aromatic nitrogens is 3. The van der Waals surface area contributed by atoms with Crippen LogP contribution >= 0.6 is 0 Å². The first-order valence-corrected chi connectivity index (χ1v) is 5.46. The van der Waals surface area contributed by atoms with Gasteiger partial charge in [-0.1, -0.05) is 6.42 Å². The molecule has 0 radical (unpaired) electrons. The molecule has 2 aliphatic rings. The lowest BCUT2D eigenvalue weighted by molar-refractivity contribution is 0.404. The normalized spacial score (nSPS) is 33.5. The van der Waals surface area contributed by atoms with Crippen LogP contribution in [0.25, 0.3) is 0 Å². The molecule has 0 spiro atoms. The van der Waals surface area contributed by atoms with Crippen LogP contribution in [0.15, 0.2) is 4.79 Å². The Morgan fingerprint density at radius 1 is 1.27 bits per heavy atom. The van der Waals surface area contributed by atoms with Gasteiger partial charge in [0.2, 0.25) is 5.95 Å². The average Bonchev–Trinajstić information content (AvgIpc) is 2.76. The van der Waals surface area contributed by atoms with Gasteiger partial charge < -0.3 is 5.73 Å². The topological polar surface area (TPSA) is 84.7 Å². The van der Waals surface area contributed by atoms with Crippen LogP contribution in [0.4, 0.5) is 5.95 Å². The van der Waals surface area contributed by atoms with Crippen molar-refractivity contribution in [3.63, 3.8) is 0 Å². The monoisotopic (exact) mass is 206 g/mol. The van der Waals surface area contributed by atoms with E-state index in [0.717, 1.165) is 18.2 Å². The minimum absolute atomic E-state index is 0.0940. The predicted molar refractivity (Wildman–Crippen MR) is 55.3 cm³/mol. The van der Waals surface area contributed by atoms with E-state index in [-0.39, 0.29) is 11.6 Å². The molecule has 2 fully saturated rings. The van der Waals surface area contributed by atoms with Gasteiger partial charge in [0.25, 0.3) is 0 Å². The Kier molecular flexibility index (Phi) is 1.81. The molecule has 0 saturated heterocycles. The summed E-state index contributed by atoms with van der Waals surface area (Å²) < 4.78 is 0. The molecule has 0 aromatic carbocycles. The van der Waals surface area contributed by atoms with E-state index < -0.39 is 0 Å². The number of nitrogens with two attached hydrogens (primary N) is 1. The maximum Gasteiger partial charge on any atom is 0.349 e. The first-order valence-electron chi connectivity index (χ1n) is 5.46. The number of H-pyrrole nitrogens is 1. The molecule has 2 aliphatic carbocycles. The van der Waals surface area contributed by atoms with E-state index in [2.05, 4.69) is 15.0 Å². The first kappa shape index (κ1) is 8.88. The van der Waals surface area contributed by atoms with E-state index in [0.29, 0.717) is 11.8 Å². The smallest absolute Gasteiger partial charge is 0.349 e. The molecule has 3 rings (SSSR count). The number of aromatic amines is 1. The number of hydrogen-bond acceptors (Lipinski definition) is 4. The third kappa shape index (κ3) is 1.42. The predicted octanol–water partition coefficient (Wildman–Crippen LogP) is 0.651. The Morgan fingerprint density at radius 3 is 2.73 bits per heavy atom. The van der Waals surface area contributed by atoms with Crippen molar-refractivity contribution < 1.29 is 0 Å². The third-order valence-corrected chi connectivity index (χ3v) is 3.78. The molecule has 2 saturated carbocycles. The standard InChI is InChI=1S/C10H14N4O/c11-9-12-8(13-10(15)14-9)7-4-5-1-2-6(7)3-5/h5-7H,1-4H2,(H3,11,12,13,14,15). The van der Waals surface area contributed by atoms with Crippen LogP contribution in [0.3, 0.4) is 0 Å². The number of nitrogens with one attached hydrogen (secondary N) is 1. The van der Waals surface area contributed by atoms with Crippen molar-refractivity contribution in [3.8, 4) is 0 Å². The second kappa shape index (κ2) is 3.05. The van der Waals surface area contributed by atoms with Crippen molar-refractivity contribution >= 4 is 5.95 Å². The molecular formula is C10H14N4O. The van der Waals surface area contributed by atoms with E-state index in [1.165, 1.54) is 19.3 Å². The summed E-state index contributed by atoms with van der Waals surface area (Å²) in [6, 6.07) is 0. The molecule has 3 unspecified atom stereocenters. The van der Waals surface area contributed by atoms with Crippen molar-refractivity contribution in [2.24, 2.45) is 11.8 Å². The van der Waals surface area contributed by atoms with Gasteiger partial charge >= 0.3 is 5.69 Å². The van der Waals surface area contributed by atoms with Gasteiger partial charge in [-0.2, -0.15) is 9.97 Å². The molecule has 80 valence electrons. The van der Waals surface area contributed by atoms with Gasteiger partial charge in [-0.05, 0) is 31.1 Å². The Bertz CT molecular complexity index is 441. The van der Waals surface area contributed by atoms with Crippen molar-refractivity contribution in [2.45, 2.75) is 31.6 Å². The summed E-state index contributed by atoms with van der Waals surface area (Å²) in [7, 11) is 0. The van der Waals surface area contributed by atoms with E-state index in [1.54, 1.807) is 0 Å². The first-order chi connectivity index (χ1) is 7.22. The van der Waals surface area contributed by atoms with Crippen LogP contribution in [-0.2, 0) is 0 Å². The SMILES string of the molecule is Nc1nc(C2CC3CCC2C3)[nH]c(=O)n1. The highest BCUT2D eigenvalue weighted by molar-refractivity contribution is 5.16. The van der Waals surface area contributed by atoms with Crippen LogP contribution < -0.4 is 11.4 Å². The van der Waals surface area contributed by atoms with Crippen LogP contribution in [-0.4, -0.2) is 15.0 Å². The maximum absolute atomic E-state index is 11.2. The Morgan fingerprint density at radius 2 is 2.13 bits per heavy atom. The lowest BCUT2D eigenvalue weighted by Gasteiger charge is -2.20. The van der Waals surface area contributed by atoms with Crippen molar-refractivity contribution in [3.05, 3.63) is 16.3 Å². The lowest BCUT2D eigenvalue weighted by Crippen LogP contribution is -2.21. The largest absolute Gasteiger partial charge is 0.368 e. The van der Waals surface area contributed by atoms with Crippen LogP contribution in [0.2, 0.25) is 0 Å². The summed E-state index contributed by atoms with van der Waals surface area (Å²) >= 11 is 0. The fraction of sp³-hybridized carbons (Fsp3) is 0.700. The maximum atomic E-state index is 11.2. The molecule has 2 bridgehead atoms. The summed E-state index contributed by atoms with van der Waals surface area (Å²) in [5.41, 5.74) is 5.11. The molecule has 3 N–H and O–H groups in total. The molecule has 3 atom stereocenters. The second-order valence-corrected chi connectivity index (χ2v) is 4.68. The Balaban J connectivity index is 1.96. The quantitative estimate of drug-likeness (QED) is 0.706. The summed E-state index contributed by atoms with van der Waals surface area (Å²) in [6.07, 6.45) is 5.04. The number of rotatable bonds is 1. The fourth-order valence-corrected chi connectivity index (χ4v) is 3.17. The minimum Gasteiger partial charge on any atom is -0.368 e. The zero-order valence-electron chi connectivity index (χ0n) is 8.44. The number of anilines is 1. The van der Waals surface area contributed by atoms with E-state index in [1.807, 2.05) is 0 Å². The molecule has 1 heterocycles. The van der Waals surface area contributed by atoms with E-state index in [4.69, 9.17) is 5.73 Å². The molecule has 1 aromatic rings. The number of hydrogen-bond donors (Lipinski definition) is 2. The number of nitrogens with zero attached hydrogens (tertiary/aromatic N) is 2. The summed E-state index contributed by atoms with van der Waals surface area (Å²) in [6.45, 7) is 0. The molecule has 5 heteroatoms. The van der Waals surface area contributed by atoms with E-state index in [9.17, 15) is 4.79 Å². The molecule has 0 amide bonds. The summed E-state index contributed by atoms with van der Waals surface area (Å²) in [5, 5.41) is 0. The zero-order chi connectivity index (χ0) is 10.4. The lowest BCUT2D eigenvalue weighted by atomic mass is 9.88. The number of nitrogen functional groups attached to an aromatic ring is 1. The highest BCUT2D eigenvalue weighted by atomic mass is 16.1. The molecular weight excluding hydrogens is 192 g/mol. The molecule has 1 aromatic heterocycles. The van der Waals surface area contributed by atoms with Crippen molar-refractivity contribution in [1.29, 1.82) is 0 Å². The average molecular weight is 206 g/mol. The molecule has 0 aliphatic heterocycles. The zero-order valence-corrected chi connectivity index (χ0v) is 8.44. The fourth-order valence-electron chi connectivity index (χ4n) is 3.17. The van der Waals surface area contributed by atoms with Gasteiger partial charge in [-0.3, -0.25) is 4.98 Å². The highest BCUT2D eigenvalue weighted by Crippen LogP contribution is 2.51.